The van der Waals surface area contributed by atoms with Crippen LogP contribution in [0.5, 0.6) is 0 Å². The third-order valence-electron chi connectivity index (χ3n) is 7.45. The molecule has 1 aliphatic carbocycles. The second-order valence-corrected chi connectivity index (χ2v) is 10.4. The van der Waals surface area contributed by atoms with E-state index in [0.29, 0.717) is 33.6 Å². The summed E-state index contributed by atoms with van der Waals surface area (Å²) in [6.07, 6.45) is 21.5. The summed E-state index contributed by atoms with van der Waals surface area (Å²) < 4.78 is 0. The number of nitrogens with one attached hydrogen (secondary N) is 1. The van der Waals surface area contributed by atoms with Crippen molar-refractivity contribution in [3.8, 4) is 0 Å². The molecule has 0 amide bonds. The van der Waals surface area contributed by atoms with E-state index < -0.39 is 0 Å². The molecule has 0 radical (unpaired) electrons. The molecule has 0 fully saturated rings. The van der Waals surface area contributed by atoms with Crippen LogP contribution >= 0.6 is 0 Å². The lowest BCUT2D eigenvalue weighted by molar-refractivity contribution is 0.0980. The molecule has 0 unspecified atom stereocenters. The molecule has 1 aliphatic rings. The highest BCUT2D eigenvalue weighted by Gasteiger charge is 2.33. The van der Waals surface area contributed by atoms with Gasteiger partial charge in [-0.2, -0.15) is 0 Å². The molecule has 4 heteroatoms. The van der Waals surface area contributed by atoms with E-state index in [1.54, 1.807) is 30.3 Å². The molecule has 2 aromatic rings. The molecular weight excluding hydrogens is 444 g/mol. The van der Waals surface area contributed by atoms with Crippen LogP contribution in [0.15, 0.2) is 36.4 Å². The lowest BCUT2D eigenvalue weighted by Gasteiger charge is -2.22. The first-order valence-electron chi connectivity index (χ1n) is 14.5. The predicted molar refractivity (Wildman–Crippen MR) is 152 cm³/mol. The summed E-state index contributed by atoms with van der Waals surface area (Å²) in [6, 6.07) is 10.6. The maximum absolute atomic E-state index is 13.2. The Morgan fingerprint density at radius 1 is 0.583 bits per heavy atom. The fourth-order valence-corrected chi connectivity index (χ4v) is 5.29. The van der Waals surface area contributed by atoms with Gasteiger partial charge in [0.1, 0.15) is 0 Å². The van der Waals surface area contributed by atoms with E-state index in [2.05, 4.69) is 12.2 Å². The molecule has 0 bridgehead atoms. The Kier molecular flexibility index (Phi) is 12.0. The number of nitrogens with two attached hydrogens (primary N) is 1. The van der Waals surface area contributed by atoms with Crippen molar-refractivity contribution in [2.75, 3.05) is 17.6 Å². The lowest BCUT2D eigenvalue weighted by Crippen LogP contribution is -2.24. The number of hydrogen-bond donors (Lipinski definition) is 2. The minimum absolute atomic E-state index is 0.123. The molecule has 2 aromatic carbocycles. The molecule has 0 atom stereocenters. The minimum atomic E-state index is -0.163. The van der Waals surface area contributed by atoms with Crippen molar-refractivity contribution in [3.05, 3.63) is 58.7 Å². The van der Waals surface area contributed by atoms with Crippen LogP contribution in [0.2, 0.25) is 0 Å². The second kappa shape index (κ2) is 15.5. The molecule has 196 valence electrons. The molecule has 0 saturated carbocycles. The SMILES string of the molecule is CCCCCCCCCCCCCCCCCCNc1ccc(N)c2c1C(=O)c1ccccc1C2=O. The van der Waals surface area contributed by atoms with Crippen LogP contribution in [0.3, 0.4) is 0 Å². The van der Waals surface area contributed by atoms with Crippen LogP contribution in [-0.2, 0) is 0 Å². The Morgan fingerprint density at radius 2 is 1.03 bits per heavy atom. The van der Waals surface area contributed by atoms with Crippen LogP contribution in [0.25, 0.3) is 0 Å². The Bertz CT molecular complexity index is 982. The standard InChI is InChI=1S/C32H46N2O2/c1-2-3-4-5-6-7-8-9-10-11-12-13-14-15-16-19-24-34-28-23-22-27(33)29-30(28)32(36)26-21-18-17-20-25(26)31(29)35/h17-18,20-23,34H,2-16,19,24,33H2,1H3. The number of fused-ring (bicyclic) bond motifs is 2. The highest BCUT2D eigenvalue weighted by molar-refractivity contribution is 6.31. The Hall–Kier alpha value is -2.62. The van der Waals surface area contributed by atoms with Crippen molar-refractivity contribution in [3.63, 3.8) is 0 Å². The van der Waals surface area contributed by atoms with Gasteiger partial charge in [0, 0.05) is 29.0 Å². The van der Waals surface area contributed by atoms with Gasteiger partial charge in [0.25, 0.3) is 0 Å². The summed E-state index contributed by atoms with van der Waals surface area (Å²) in [7, 11) is 0. The Balaban J connectivity index is 1.27. The predicted octanol–water partition coefficient (Wildman–Crippen LogP) is 8.72. The largest absolute Gasteiger partial charge is 0.398 e. The average Bonchev–Trinajstić information content (AvgIpc) is 2.89. The molecule has 3 N–H and O–H groups in total. The van der Waals surface area contributed by atoms with E-state index in [1.807, 2.05) is 6.07 Å². The Labute approximate surface area is 218 Å². The summed E-state index contributed by atoms with van der Waals surface area (Å²) in [5.74, 6) is -0.286. The summed E-state index contributed by atoms with van der Waals surface area (Å²) >= 11 is 0. The number of anilines is 2. The first-order valence-corrected chi connectivity index (χ1v) is 14.5. The highest BCUT2D eigenvalue weighted by Crippen LogP contribution is 2.35. The van der Waals surface area contributed by atoms with Gasteiger partial charge in [0.2, 0.25) is 0 Å². The monoisotopic (exact) mass is 490 g/mol. The number of hydrogen-bond acceptors (Lipinski definition) is 4. The van der Waals surface area contributed by atoms with Gasteiger partial charge in [-0.1, -0.05) is 128 Å². The van der Waals surface area contributed by atoms with Gasteiger partial charge in [-0.15, -0.1) is 0 Å². The molecule has 0 heterocycles. The maximum Gasteiger partial charge on any atom is 0.196 e. The topological polar surface area (TPSA) is 72.2 Å². The molecule has 3 rings (SSSR count). The fraction of sp³-hybridized carbons (Fsp3) is 0.562. The van der Waals surface area contributed by atoms with Gasteiger partial charge >= 0.3 is 0 Å². The van der Waals surface area contributed by atoms with Gasteiger partial charge < -0.3 is 11.1 Å². The summed E-state index contributed by atoms with van der Waals surface area (Å²) in [6.45, 7) is 3.07. The fourth-order valence-electron chi connectivity index (χ4n) is 5.29. The zero-order valence-electron chi connectivity index (χ0n) is 22.4. The number of carbonyl (C=O) groups is 2. The molecule has 4 nitrogen and oxygen atoms in total. The highest BCUT2D eigenvalue weighted by atomic mass is 16.1. The van der Waals surface area contributed by atoms with Crippen LogP contribution in [0, 0.1) is 0 Å². The zero-order valence-corrected chi connectivity index (χ0v) is 22.4. The van der Waals surface area contributed by atoms with Crippen LogP contribution < -0.4 is 11.1 Å². The Morgan fingerprint density at radius 3 is 1.53 bits per heavy atom. The minimum Gasteiger partial charge on any atom is -0.398 e. The molecule has 36 heavy (non-hydrogen) atoms. The molecule has 0 aromatic heterocycles. The summed E-state index contributed by atoms with van der Waals surface area (Å²) in [5.41, 5.74) is 8.87. The molecule has 0 saturated heterocycles. The summed E-state index contributed by atoms with van der Waals surface area (Å²) in [4.78, 5) is 26.2. The third kappa shape index (κ3) is 7.94. The van der Waals surface area contributed by atoms with E-state index in [4.69, 9.17) is 5.73 Å². The van der Waals surface area contributed by atoms with Crippen molar-refractivity contribution < 1.29 is 9.59 Å². The van der Waals surface area contributed by atoms with Gasteiger partial charge in [-0.05, 0) is 18.6 Å². The van der Waals surface area contributed by atoms with Gasteiger partial charge in [-0.3, -0.25) is 9.59 Å². The number of nitrogen functional groups attached to an aromatic ring is 1. The number of ketones is 2. The van der Waals surface area contributed by atoms with Gasteiger partial charge in [-0.25, -0.2) is 0 Å². The van der Waals surface area contributed by atoms with Crippen molar-refractivity contribution >= 4 is 22.9 Å². The molecule has 0 spiro atoms. The van der Waals surface area contributed by atoms with Gasteiger partial charge in [0.15, 0.2) is 11.6 Å². The van der Waals surface area contributed by atoms with E-state index in [1.165, 1.54) is 96.3 Å². The number of unbranched alkanes of at least 4 members (excludes halogenated alkanes) is 15. The van der Waals surface area contributed by atoms with E-state index in [-0.39, 0.29) is 11.6 Å². The normalized spacial score (nSPS) is 12.5. The summed E-state index contributed by atoms with van der Waals surface area (Å²) in [5, 5.41) is 3.40. The average molecular weight is 491 g/mol. The molecule has 0 aliphatic heterocycles. The van der Waals surface area contributed by atoms with E-state index in [0.717, 1.165) is 13.0 Å². The first kappa shape index (κ1) is 28.0. The third-order valence-corrected chi connectivity index (χ3v) is 7.45. The van der Waals surface area contributed by atoms with Gasteiger partial charge in [0.05, 0.1) is 11.1 Å². The van der Waals surface area contributed by atoms with Crippen LogP contribution in [-0.4, -0.2) is 18.1 Å². The van der Waals surface area contributed by atoms with Crippen molar-refractivity contribution in [1.29, 1.82) is 0 Å². The maximum atomic E-state index is 13.2. The van der Waals surface area contributed by atoms with Crippen LogP contribution in [0.4, 0.5) is 11.4 Å². The second-order valence-electron chi connectivity index (χ2n) is 10.4. The smallest absolute Gasteiger partial charge is 0.196 e. The number of carbonyl (C=O) groups excluding carboxylic acids is 2. The number of benzene rings is 2. The van der Waals surface area contributed by atoms with Crippen molar-refractivity contribution in [1.82, 2.24) is 0 Å². The van der Waals surface area contributed by atoms with Crippen molar-refractivity contribution in [2.24, 2.45) is 0 Å². The van der Waals surface area contributed by atoms with Crippen LogP contribution in [0.1, 0.15) is 141 Å². The van der Waals surface area contributed by atoms with E-state index >= 15 is 0 Å². The van der Waals surface area contributed by atoms with E-state index in [9.17, 15) is 9.59 Å². The number of rotatable bonds is 18. The first-order chi connectivity index (χ1) is 17.6. The molecular formula is C32H46N2O2. The van der Waals surface area contributed by atoms with Crippen molar-refractivity contribution in [2.45, 2.75) is 110 Å². The quantitative estimate of drug-likeness (QED) is 0.138. The zero-order chi connectivity index (χ0) is 25.6. The lowest BCUT2D eigenvalue weighted by atomic mass is 9.82.